The first-order chi connectivity index (χ1) is 9.77. The fourth-order valence-electron chi connectivity index (χ4n) is 1.83. The number of benzene rings is 1. The minimum atomic E-state index is -0.978. The van der Waals surface area contributed by atoms with Crippen molar-refractivity contribution in [1.82, 2.24) is 0 Å². The number of carbonyl (C=O) groups excluding carboxylic acids is 1. The van der Waals surface area contributed by atoms with Gasteiger partial charge in [-0.2, -0.15) is 0 Å². The molecule has 0 amide bonds. The van der Waals surface area contributed by atoms with Crippen molar-refractivity contribution in [1.29, 1.82) is 0 Å². The molecule has 1 aromatic rings. The molecule has 0 aromatic heterocycles. The molecule has 0 saturated carbocycles. The molecule has 116 valence electrons. The summed E-state index contributed by atoms with van der Waals surface area (Å²) in [6.45, 7) is 5.78. The quantitative estimate of drug-likeness (QED) is 0.493. The normalized spacial score (nSPS) is 11.1. The lowest BCUT2D eigenvalue weighted by molar-refractivity contribution is -0.384. The summed E-state index contributed by atoms with van der Waals surface area (Å²) in [7, 11) is 1.12. The van der Waals surface area contributed by atoms with Crippen LogP contribution in [0.25, 0.3) is 0 Å². The Morgan fingerprint density at radius 2 is 2.00 bits per heavy atom. The number of hydrogen-bond donors (Lipinski definition) is 1. The second-order valence-electron chi connectivity index (χ2n) is 4.99. The van der Waals surface area contributed by atoms with Crippen molar-refractivity contribution in [2.75, 3.05) is 12.4 Å². The summed E-state index contributed by atoms with van der Waals surface area (Å²) in [6, 6.07) is 1.86. The SMILES string of the molecule is CCC(C)(CC)Nc1cc(C(=O)OC)c(F)cc1[N+](=O)[O-]. The van der Waals surface area contributed by atoms with E-state index in [1.807, 2.05) is 20.8 Å². The van der Waals surface area contributed by atoms with Gasteiger partial charge in [0.05, 0.1) is 23.7 Å². The van der Waals surface area contributed by atoms with E-state index in [1.54, 1.807) is 0 Å². The Kier molecular flexibility index (Phi) is 5.23. The zero-order valence-corrected chi connectivity index (χ0v) is 12.5. The van der Waals surface area contributed by atoms with Crippen LogP contribution in [0.4, 0.5) is 15.8 Å². The summed E-state index contributed by atoms with van der Waals surface area (Å²) in [5.74, 6) is -1.85. The minimum Gasteiger partial charge on any atom is -0.465 e. The van der Waals surface area contributed by atoms with Crippen LogP contribution in [0, 0.1) is 15.9 Å². The van der Waals surface area contributed by atoms with Gasteiger partial charge in [-0.1, -0.05) is 13.8 Å². The molecule has 0 spiro atoms. The standard InChI is InChI=1S/C14H19FN2O4/c1-5-14(3,6-2)16-11-7-9(13(18)21-4)10(15)8-12(11)17(19)20/h7-8,16H,5-6H2,1-4H3. The monoisotopic (exact) mass is 298 g/mol. The maximum Gasteiger partial charge on any atom is 0.340 e. The molecular weight excluding hydrogens is 279 g/mol. The lowest BCUT2D eigenvalue weighted by Crippen LogP contribution is -2.33. The number of nitro groups is 1. The number of ether oxygens (including phenoxy) is 1. The number of carbonyl (C=O) groups is 1. The van der Waals surface area contributed by atoms with Crippen LogP contribution in [0.5, 0.6) is 0 Å². The van der Waals surface area contributed by atoms with Crippen LogP contribution in [0.1, 0.15) is 44.0 Å². The number of hydrogen-bond acceptors (Lipinski definition) is 5. The van der Waals surface area contributed by atoms with Crippen molar-refractivity contribution in [3.8, 4) is 0 Å². The van der Waals surface area contributed by atoms with Crippen LogP contribution in [0.3, 0.4) is 0 Å². The van der Waals surface area contributed by atoms with Gasteiger partial charge in [-0.05, 0) is 25.8 Å². The van der Waals surface area contributed by atoms with E-state index in [0.717, 1.165) is 19.2 Å². The number of methoxy groups -OCH3 is 1. The molecule has 1 rings (SSSR count). The van der Waals surface area contributed by atoms with E-state index in [-0.39, 0.29) is 11.3 Å². The highest BCUT2D eigenvalue weighted by Gasteiger charge is 2.27. The van der Waals surface area contributed by atoms with E-state index >= 15 is 0 Å². The molecule has 0 aliphatic heterocycles. The lowest BCUT2D eigenvalue weighted by atomic mass is 9.94. The Labute approximate surface area is 122 Å². The molecule has 7 heteroatoms. The molecule has 0 radical (unpaired) electrons. The summed E-state index contributed by atoms with van der Waals surface area (Å²) in [4.78, 5) is 21.9. The highest BCUT2D eigenvalue weighted by atomic mass is 19.1. The molecule has 0 fully saturated rings. The number of nitrogens with zero attached hydrogens (tertiary/aromatic N) is 1. The molecule has 0 unspecified atom stereocenters. The molecule has 0 heterocycles. The summed E-state index contributed by atoms with van der Waals surface area (Å²) < 4.78 is 18.3. The van der Waals surface area contributed by atoms with Gasteiger partial charge in [0.1, 0.15) is 11.5 Å². The first kappa shape index (κ1) is 16.9. The molecule has 0 atom stereocenters. The Hall–Kier alpha value is -2.18. The largest absolute Gasteiger partial charge is 0.465 e. The molecule has 21 heavy (non-hydrogen) atoms. The smallest absolute Gasteiger partial charge is 0.340 e. The molecule has 1 aromatic carbocycles. The third-order valence-corrected chi connectivity index (χ3v) is 3.68. The van der Waals surface area contributed by atoms with Crippen LogP contribution in [-0.2, 0) is 4.74 Å². The fraction of sp³-hybridized carbons (Fsp3) is 0.500. The molecular formula is C14H19FN2O4. The van der Waals surface area contributed by atoms with Crippen LogP contribution in [-0.4, -0.2) is 23.5 Å². The van der Waals surface area contributed by atoms with Gasteiger partial charge in [0.25, 0.3) is 5.69 Å². The van der Waals surface area contributed by atoms with Gasteiger partial charge in [0.2, 0.25) is 0 Å². The highest BCUT2D eigenvalue weighted by molar-refractivity contribution is 5.92. The topological polar surface area (TPSA) is 81.5 Å². The van der Waals surface area contributed by atoms with Gasteiger partial charge in [0, 0.05) is 5.54 Å². The fourth-order valence-corrected chi connectivity index (χ4v) is 1.83. The lowest BCUT2D eigenvalue weighted by Gasteiger charge is -2.29. The Morgan fingerprint density at radius 3 is 2.43 bits per heavy atom. The zero-order chi connectivity index (χ0) is 16.2. The van der Waals surface area contributed by atoms with Gasteiger partial charge in [-0.25, -0.2) is 9.18 Å². The minimum absolute atomic E-state index is 0.105. The third-order valence-electron chi connectivity index (χ3n) is 3.68. The first-order valence-corrected chi connectivity index (χ1v) is 6.62. The summed E-state index contributed by atoms with van der Waals surface area (Å²) in [5.41, 5.74) is -1.03. The summed E-state index contributed by atoms with van der Waals surface area (Å²) in [6.07, 6.45) is 1.43. The van der Waals surface area contributed by atoms with Gasteiger partial charge in [-0.15, -0.1) is 0 Å². The third kappa shape index (κ3) is 3.68. The average Bonchev–Trinajstić information content (AvgIpc) is 2.47. The predicted octanol–water partition coefficient (Wildman–Crippen LogP) is 3.51. The number of nitrogens with one attached hydrogen (secondary N) is 1. The first-order valence-electron chi connectivity index (χ1n) is 6.62. The van der Waals surface area contributed by atoms with Gasteiger partial charge in [-0.3, -0.25) is 10.1 Å². The van der Waals surface area contributed by atoms with E-state index in [0.29, 0.717) is 12.8 Å². The van der Waals surface area contributed by atoms with Crippen molar-refractivity contribution < 1.29 is 18.8 Å². The van der Waals surface area contributed by atoms with Crippen molar-refractivity contribution in [2.24, 2.45) is 0 Å². The van der Waals surface area contributed by atoms with Crippen LogP contribution in [0.15, 0.2) is 12.1 Å². The molecule has 6 nitrogen and oxygen atoms in total. The van der Waals surface area contributed by atoms with Crippen molar-refractivity contribution in [3.05, 3.63) is 33.6 Å². The van der Waals surface area contributed by atoms with Gasteiger partial charge in [0.15, 0.2) is 0 Å². The number of anilines is 1. The molecule has 0 bridgehead atoms. The van der Waals surface area contributed by atoms with E-state index < -0.39 is 27.9 Å². The van der Waals surface area contributed by atoms with Gasteiger partial charge >= 0.3 is 5.97 Å². The zero-order valence-electron chi connectivity index (χ0n) is 12.5. The van der Waals surface area contributed by atoms with Crippen molar-refractivity contribution in [2.45, 2.75) is 39.2 Å². The summed E-state index contributed by atoms with van der Waals surface area (Å²) in [5, 5.41) is 14.1. The van der Waals surface area contributed by atoms with Crippen LogP contribution >= 0.6 is 0 Å². The van der Waals surface area contributed by atoms with E-state index in [4.69, 9.17) is 0 Å². The second-order valence-corrected chi connectivity index (χ2v) is 4.99. The van der Waals surface area contributed by atoms with Crippen molar-refractivity contribution >= 4 is 17.3 Å². The molecule has 0 aliphatic rings. The van der Waals surface area contributed by atoms with Gasteiger partial charge < -0.3 is 10.1 Å². The van der Waals surface area contributed by atoms with E-state index in [2.05, 4.69) is 10.1 Å². The maximum absolute atomic E-state index is 13.8. The Bertz CT molecular complexity index is 556. The molecule has 0 saturated heterocycles. The number of rotatable bonds is 6. The average molecular weight is 298 g/mol. The van der Waals surface area contributed by atoms with Crippen LogP contribution in [0.2, 0.25) is 0 Å². The highest BCUT2D eigenvalue weighted by Crippen LogP contribution is 2.32. The molecule has 1 N–H and O–H groups in total. The second kappa shape index (κ2) is 6.51. The van der Waals surface area contributed by atoms with Crippen LogP contribution < -0.4 is 5.32 Å². The maximum atomic E-state index is 13.8. The van der Waals surface area contributed by atoms with Crippen molar-refractivity contribution in [3.63, 3.8) is 0 Å². The summed E-state index contributed by atoms with van der Waals surface area (Å²) >= 11 is 0. The number of esters is 1. The number of halogens is 1. The van der Waals surface area contributed by atoms with E-state index in [9.17, 15) is 19.3 Å². The van der Waals surface area contributed by atoms with E-state index in [1.165, 1.54) is 0 Å². The Balaban J connectivity index is 3.39. The predicted molar refractivity (Wildman–Crippen MR) is 77.0 cm³/mol. The number of nitro benzene ring substituents is 1. The Morgan fingerprint density at radius 1 is 1.43 bits per heavy atom. The molecule has 0 aliphatic carbocycles.